The molecular weight excluding hydrogens is 564 g/mol. The van der Waals surface area contributed by atoms with E-state index in [1.807, 2.05) is 75.4 Å². The molecule has 34 heavy (non-hydrogen) atoms. The molecule has 1 unspecified atom stereocenters. The number of aryl methyl sites for hydroxylation is 2. The second kappa shape index (κ2) is 10.9. The van der Waals surface area contributed by atoms with Gasteiger partial charge in [-0.15, -0.1) is 0 Å². The lowest BCUT2D eigenvalue weighted by molar-refractivity contribution is -0.136. The first-order valence-electron chi connectivity index (χ1n) is 10.8. The maximum Gasteiger partial charge on any atom is 0.303 e. The van der Waals surface area contributed by atoms with Gasteiger partial charge in [-0.2, -0.15) is 0 Å². The number of carbonyl (C=O) groups is 1. The molecule has 3 rings (SSSR count). The lowest BCUT2D eigenvalue weighted by atomic mass is 9.76. The van der Waals surface area contributed by atoms with Crippen LogP contribution in [0, 0.1) is 6.92 Å². The van der Waals surface area contributed by atoms with Gasteiger partial charge >= 0.3 is 5.97 Å². The number of ether oxygens (including phenoxy) is 2. The predicted octanol–water partition coefficient (Wildman–Crippen LogP) is 7.35. The number of benzene rings is 3. The van der Waals surface area contributed by atoms with Crippen molar-refractivity contribution < 1.29 is 24.5 Å². The molecule has 0 aliphatic heterocycles. The predicted molar refractivity (Wildman–Crippen MR) is 140 cm³/mol. The zero-order valence-electron chi connectivity index (χ0n) is 19.6. The van der Waals surface area contributed by atoms with E-state index in [4.69, 9.17) is 14.6 Å². The van der Waals surface area contributed by atoms with Crippen LogP contribution in [0.25, 0.3) is 0 Å². The van der Waals surface area contributed by atoms with E-state index in [9.17, 15) is 9.90 Å². The zero-order valence-corrected chi connectivity index (χ0v) is 22.7. The number of methoxy groups -OCH3 is 1. The molecule has 7 heteroatoms. The van der Waals surface area contributed by atoms with Crippen LogP contribution in [-0.2, 0) is 16.6 Å². The fraction of sp³-hybridized carbons (Fsp3) is 0.296. The second-order valence-electron chi connectivity index (χ2n) is 8.78. The highest BCUT2D eigenvalue weighted by Gasteiger charge is 2.34. The van der Waals surface area contributed by atoms with Crippen LogP contribution in [0.15, 0.2) is 63.5 Å². The first kappa shape index (κ1) is 26.3. The van der Waals surface area contributed by atoms with E-state index >= 15 is 0 Å². The zero-order chi connectivity index (χ0) is 25.0. The molecule has 0 spiro atoms. The normalized spacial score (nSPS) is 12.3. The molecule has 180 valence electrons. The third-order valence-corrected chi connectivity index (χ3v) is 7.00. The maximum absolute atomic E-state index is 11.4. The number of rotatable bonds is 9. The molecule has 0 aromatic heterocycles. The Morgan fingerprint density at radius 2 is 1.74 bits per heavy atom. The highest BCUT2D eigenvalue weighted by atomic mass is 79.9. The van der Waals surface area contributed by atoms with Gasteiger partial charge in [0.2, 0.25) is 0 Å². The number of aliphatic hydroxyl groups excluding tert-OH is 1. The highest BCUT2D eigenvalue weighted by Crippen LogP contribution is 2.46. The average Bonchev–Trinajstić information content (AvgIpc) is 2.79. The fourth-order valence-corrected chi connectivity index (χ4v) is 5.29. The van der Waals surface area contributed by atoms with E-state index in [1.54, 1.807) is 7.11 Å². The number of aliphatic carboxylic acids is 1. The van der Waals surface area contributed by atoms with Crippen molar-refractivity contribution in [1.82, 2.24) is 0 Å². The van der Waals surface area contributed by atoms with Gasteiger partial charge in [0.05, 0.1) is 22.2 Å². The molecule has 5 nitrogen and oxygen atoms in total. The molecule has 1 atom stereocenters. The number of halogens is 2. The van der Waals surface area contributed by atoms with Crippen molar-refractivity contribution in [1.29, 1.82) is 0 Å². The summed E-state index contributed by atoms with van der Waals surface area (Å²) in [6.45, 7) is 5.94. The number of hydrogen-bond donors (Lipinski definition) is 2. The van der Waals surface area contributed by atoms with Gasteiger partial charge in [-0.05, 0) is 86.7 Å². The fourth-order valence-electron chi connectivity index (χ4n) is 3.85. The number of carboxylic acid groups (broad SMARTS) is 1. The Labute approximate surface area is 217 Å². The Balaban J connectivity index is 2.02. The number of hydrogen-bond acceptors (Lipinski definition) is 4. The van der Waals surface area contributed by atoms with Crippen molar-refractivity contribution in [2.75, 3.05) is 7.11 Å². The quantitative estimate of drug-likeness (QED) is 0.272. The molecule has 2 N–H and O–H groups in total. The molecule has 0 amide bonds. The first-order valence-corrected chi connectivity index (χ1v) is 12.4. The number of carboxylic acids is 1. The lowest BCUT2D eigenvalue weighted by Gasteiger charge is -2.33. The summed E-state index contributed by atoms with van der Waals surface area (Å²) in [5.74, 6) is 0.961. The third kappa shape index (κ3) is 6.01. The van der Waals surface area contributed by atoms with Crippen LogP contribution in [-0.4, -0.2) is 23.3 Å². The standard InChI is InChI=1S/C27H28Br2O5/c1-16-6-5-7-18(12-16)26(32)27(2,3)20-15-19(33-4)9-10-23(20)34-25-21(28)13-17(14-22(25)29)8-11-24(30)31/h5-7,9-10,12-15,26,32H,8,11H2,1-4H3,(H,30,31). The molecule has 0 radical (unpaired) electrons. The topological polar surface area (TPSA) is 76.0 Å². The van der Waals surface area contributed by atoms with Crippen molar-refractivity contribution in [2.24, 2.45) is 0 Å². The van der Waals surface area contributed by atoms with E-state index in [1.165, 1.54) is 0 Å². The summed E-state index contributed by atoms with van der Waals surface area (Å²) in [7, 11) is 1.60. The summed E-state index contributed by atoms with van der Waals surface area (Å²) in [5, 5.41) is 20.3. The summed E-state index contributed by atoms with van der Waals surface area (Å²) >= 11 is 7.13. The Hall–Kier alpha value is -2.35. The van der Waals surface area contributed by atoms with Crippen LogP contribution in [0.4, 0.5) is 0 Å². The monoisotopic (exact) mass is 590 g/mol. The van der Waals surface area contributed by atoms with Crippen LogP contribution in [0.2, 0.25) is 0 Å². The molecule has 0 saturated carbocycles. The van der Waals surface area contributed by atoms with E-state index in [-0.39, 0.29) is 6.42 Å². The molecule has 0 fully saturated rings. The molecule has 0 heterocycles. The average molecular weight is 592 g/mol. The summed E-state index contributed by atoms with van der Waals surface area (Å²) in [6, 6.07) is 17.1. The lowest BCUT2D eigenvalue weighted by Crippen LogP contribution is -2.27. The summed E-state index contributed by atoms with van der Waals surface area (Å²) in [5.41, 5.74) is 2.85. The molecule has 0 aliphatic rings. The Morgan fingerprint density at radius 3 is 2.32 bits per heavy atom. The molecule has 3 aromatic rings. The van der Waals surface area contributed by atoms with Gasteiger partial charge in [0, 0.05) is 17.4 Å². The minimum absolute atomic E-state index is 0.0484. The van der Waals surface area contributed by atoms with Crippen LogP contribution < -0.4 is 9.47 Å². The van der Waals surface area contributed by atoms with Crippen LogP contribution in [0.1, 0.15) is 48.6 Å². The molecule has 0 bridgehead atoms. The SMILES string of the molecule is COc1ccc(Oc2c(Br)cc(CCC(=O)O)cc2Br)c(C(C)(C)C(O)c2cccc(C)c2)c1. The highest BCUT2D eigenvalue weighted by molar-refractivity contribution is 9.11. The molecular formula is C27H28Br2O5. The second-order valence-corrected chi connectivity index (χ2v) is 10.5. The van der Waals surface area contributed by atoms with E-state index in [2.05, 4.69) is 31.9 Å². The Kier molecular flexibility index (Phi) is 8.44. The summed E-state index contributed by atoms with van der Waals surface area (Å²) in [4.78, 5) is 10.9. The van der Waals surface area contributed by atoms with Crippen LogP contribution >= 0.6 is 31.9 Å². The van der Waals surface area contributed by atoms with E-state index in [0.717, 1.165) is 22.3 Å². The van der Waals surface area contributed by atoms with Gasteiger partial charge in [-0.1, -0.05) is 43.7 Å². The third-order valence-electron chi connectivity index (χ3n) is 5.82. The van der Waals surface area contributed by atoms with Gasteiger partial charge in [0.1, 0.15) is 11.5 Å². The number of aliphatic hydroxyl groups is 1. The van der Waals surface area contributed by atoms with Gasteiger partial charge in [-0.3, -0.25) is 4.79 Å². The van der Waals surface area contributed by atoms with Crippen molar-refractivity contribution in [3.8, 4) is 17.2 Å². The summed E-state index contributed by atoms with van der Waals surface area (Å²) < 4.78 is 13.2. The van der Waals surface area contributed by atoms with Gasteiger partial charge in [-0.25, -0.2) is 0 Å². The van der Waals surface area contributed by atoms with E-state index < -0.39 is 17.5 Å². The molecule has 3 aromatic carbocycles. The van der Waals surface area contributed by atoms with Gasteiger partial charge in [0.15, 0.2) is 5.75 Å². The largest absolute Gasteiger partial charge is 0.497 e. The van der Waals surface area contributed by atoms with Gasteiger partial charge in [0.25, 0.3) is 0 Å². The van der Waals surface area contributed by atoms with Crippen LogP contribution in [0.3, 0.4) is 0 Å². The van der Waals surface area contributed by atoms with Crippen molar-refractivity contribution in [3.05, 3.63) is 85.8 Å². The molecule has 0 aliphatic carbocycles. The van der Waals surface area contributed by atoms with Crippen LogP contribution in [0.5, 0.6) is 17.2 Å². The minimum atomic E-state index is -0.843. The smallest absolute Gasteiger partial charge is 0.303 e. The van der Waals surface area contributed by atoms with Crippen molar-refractivity contribution >= 4 is 37.8 Å². The van der Waals surface area contributed by atoms with E-state index in [0.29, 0.717) is 32.6 Å². The molecule has 0 saturated heterocycles. The summed E-state index contributed by atoms with van der Waals surface area (Å²) in [6.07, 6.45) is -0.324. The Bertz CT molecular complexity index is 1170. The van der Waals surface area contributed by atoms with Crippen molar-refractivity contribution in [3.63, 3.8) is 0 Å². The maximum atomic E-state index is 11.4. The minimum Gasteiger partial charge on any atom is -0.497 e. The van der Waals surface area contributed by atoms with Crippen molar-refractivity contribution in [2.45, 2.75) is 45.1 Å². The Morgan fingerprint density at radius 1 is 1.06 bits per heavy atom. The van der Waals surface area contributed by atoms with Gasteiger partial charge < -0.3 is 19.7 Å². The first-order chi connectivity index (χ1) is 16.0.